The summed E-state index contributed by atoms with van der Waals surface area (Å²) in [7, 11) is 1.89. The summed E-state index contributed by atoms with van der Waals surface area (Å²) in [6.45, 7) is 10.7. The molecule has 1 unspecified atom stereocenters. The zero-order valence-electron chi connectivity index (χ0n) is 16.1. The van der Waals surface area contributed by atoms with Gasteiger partial charge in [-0.1, -0.05) is 11.6 Å². The fraction of sp³-hybridized carbons (Fsp3) is 0.778. The molecule has 7 nitrogen and oxygen atoms in total. The number of likely N-dealkylation sites (tertiary alicyclic amines) is 1. The standard InChI is InChI=1S/C18H30ClN5O2/c1-4-26-18(25)24-10-8-23(9-11-24)15-6-5-7-22(12-15)13-16-14(2)20-21(3)17(16)19/h15H,4-13H2,1-3H3. The van der Waals surface area contributed by atoms with Crippen molar-refractivity contribution in [2.45, 2.75) is 39.3 Å². The van der Waals surface area contributed by atoms with E-state index in [9.17, 15) is 4.79 Å². The molecule has 1 amide bonds. The molecule has 0 bridgehead atoms. The van der Waals surface area contributed by atoms with Gasteiger partial charge in [0.2, 0.25) is 0 Å². The summed E-state index contributed by atoms with van der Waals surface area (Å²) in [6, 6.07) is 0.545. The number of aryl methyl sites for hydroxylation is 2. The van der Waals surface area contributed by atoms with Crippen molar-refractivity contribution < 1.29 is 9.53 Å². The molecule has 1 aromatic rings. The van der Waals surface area contributed by atoms with Crippen molar-refractivity contribution in [3.05, 3.63) is 16.4 Å². The fourth-order valence-electron chi connectivity index (χ4n) is 4.03. The monoisotopic (exact) mass is 383 g/mol. The number of ether oxygens (including phenoxy) is 1. The van der Waals surface area contributed by atoms with Crippen LogP contribution in [0.5, 0.6) is 0 Å². The number of rotatable bonds is 4. The fourth-order valence-corrected chi connectivity index (χ4v) is 4.27. The molecule has 1 aromatic heterocycles. The third kappa shape index (κ3) is 4.32. The molecule has 8 heteroatoms. The third-order valence-corrected chi connectivity index (χ3v) is 5.96. The highest BCUT2D eigenvalue weighted by Crippen LogP contribution is 2.24. The van der Waals surface area contributed by atoms with Gasteiger partial charge in [0.05, 0.1) is 12.3 Å². The first-order valence-electron chi connectivity index (χ1n) is 9.55. The molecule has 0 spiro atoms. The van der Waals surface area contributed by atoms with E-state index in [1.54, 1.807) is 4.68 Å². The number of carbonyl (C=O) groups is 1. The van der Waals surface area contributed by atoms with E-state index >= 15 is 0 Å². The maximum Gasteiger partial charge on any atom is 0.409 e. The van der Waals surface area contributed by atoms with Crippen LogP contribution in [0, 0.1) is 6.92 Å². The first kappa shape index (κ1) is 19.5. The Morgan fingerprint density at radius 1 is 1.27 bits per heavy atom. The normalized spacial score (nSPS) is 22.6. The van der Waals surface area contributed by atoms with Crippen LogP contribution in [-0.2, 0) is 18.3 Å². The summed E-state index contributed by atoms with van der Waals surface area (Å²) >= 11 is 6.40. The van der Waals surface area contributed by atoms with Crippen molar-refractivity contribution in [1.82, 2.24) is 24.5 Å². The highest BCUT2D eigenvalue weighted by molar-refractivity contribution is 6.30. The van der Waals surface area contributed by atoms with Crippen molar-refractivity contribution in [2.24, 2.45) is 7.05 Å². The average Bonchev–Trinajstić information content (AvgIpc) is 2.88. The molecular formula is C18H30ClN5O2. The number of halogens is 1. The van der Waals surface area contributed by atoms with Gasteiger partial charge in [-0.25, -0.2) is 4.79 Å². The summed E-state index contributed by atoms with van der Waals surface area (Å²) in [5.74, 6) is 0. The highest BCUT2D eigenvalue weighted by Gasteiger charge is 2.30. The number of hydrogen-bond donors (Lipinski definition) is 0. The molecule has 2 aliphatic rings. The van der Waals surface area contributed by atoms with E-state index in [4.69, 9.17) is 16.3 Å². The Labute approximate surface area is 160 Å². The van der Waals surface area contributed by atoms with Crippen LogP contribution in [0.4, 0.5) is 4.79 Å². The molecule has 1 atom stereocenters. The van der Waals surface area contributed by atoms with Gasteiger partial charge in [0.25, 0.3) is 0 Å². The van der Waals surface area contributed by atoms with Crippen molar-refractivity contribution in [3.8, 4) is 0 Å². The minimum absolute atomic E-state index is 0.181. The van der Waals surface area contributed by atoms with E-state index in [0.717, 1.165) is 62.2 Å². The van der Waals surface area contributed by atoms with Crippen LogP contribution in [0.3, 0.4) is 0 Å². The Bertz CT molecular complexity index is 627. The summed E-state index contributed by atoms with van der Waals surface area (Å²) in [5, 5.41) is 5.17. The van der Waals surface area contributed by atoms with E-state index in [0.29, 0.717) is 12.6 Å². The van der Waals surface area contributed by atoms with Crippen LogP contribution >= 0.6 is 11.6 Å². The summed E-state index contributed by atoms with van der Waals surface area (Å²) < 4.78 is 6.86. The largest absolute Gasteiger partial charge is 0.450 e. The maximum absolute atomic E-state index is 11.9. The smallest absolute Gasteiger partial charge is 0.409 e. The number of piperazine rings is 1. The molecule has 146 valence electrons. The summed E-state index contributed by atoms with van der Waals surface area (Å²) in [6.07, 6.45) is 2.23. The van der Waals surface area contributed by atoms with Gasteiger partial charge in [0, 0.05) is 57.9 Å². The van der Waals surface area contributed by atoms with Gasteiger partial charge in [0.15, 0.2) is 0 Å². The van der Waals surface area contributed by atoms with E-state index in [-0.39, 0.29) is 6.09 Å². The molecule has 2 fully saturated rings. The SMILES string of the molecule is CCOC(=O)N1CCN(C2CCCN(Cc3c(C)nn(C)c3Cl)C2)CC1. The first-order valence-corrected chi connectivity index (χ1v) is 9.93. The van der Waals surface area contributed by atoms with Gasteiger partial charge in [-0.2, -0.15) is 5.10 Å². The second kappa shape index (κ2) is 8.59. The van der Waals surface area contributed by atoms with Gasteiger partial charge in [-0.15, -0.1) is 0 Å². The second-order valence-electron chi connectivity index (χ2n) is 7.23. The Morgan fingerprint density at radius 2 is 2.00 bits per heavy atom. The molecule has 0 saturated carbocycles. The van der Waals surface area contributed by atoms with Gasteiger partial charge >= 0.3 is 6.09 Å². The van der Waals surface area contributed by atoms with E-state index < -0.39 is 0 Å². The molecule has 0 aromatic carbocycles. The molecule has 2 aliphatic heterocycles. The minimum Gasteiger partial charge on any atom is -0.450 e. The minimum atomic E-state index is -0.181. The molecular weight excluding hydrogens is 354 g/mol. The zero-order chi connectivity index (χ0) is 18.7. The molecule has 0 N–H and O–H groups in total. The third-order valence-electron chi connectivity index (χ3n) is 5.49. The summed E-state index contributed by atoms with van der Waals surface area (Å²) in [4.78, 5) is 18.7. The Balaban J connectivity index is 1.53. The predicted octanol–water partition coefficient (Wildman–Crippen LogP) is 2.12. The maximum atomic E-state index is 11.9. The number of aromatic nitrogens is 2. The lowest BCUT2D eigenvalue weighted by Gasteiger charge is -2.43. The number of amides is 1. The second-order valence-corrected chi connectivity index (χ2v) is 7.59. The number of nitrogens with zero attached hydrogens (tertiary/aromatic N) is 5. The Morgan fingerprint density at radius 3 is 2.62 bits per heavy atom. The van der Waals surface area contributed by atoms with Gasteiger partial charge < -0.3 is 9.64 Å². The molecule has 0 aliphatic carbocycles. The van der Waals surface area contributed by atoms with E-state index in [1.165, 1.54) is 12.8 Å². The topological polar surface area (TPSA) is 53.8 Å². The number of carbonyl (C=O) groups excluding carboxylic acids is 1. The molecule has 3 rings (SSSR count). The van der Waals surface area contributed by atoms with Crippen LogP contribution in [0.15, 0.2) is 0 Å². The highest BCUT2D eigenvalue weighted by atomic mass is 35.5. The number of hydrogen-bond acceptors (Lipinski definition) is 5. The molecule has 0 radical (unpaired) electrons. The summed E-state index contributed by atoms with van der Waals surface area (Å²) in [5.41, 5.74) is 2.16. The van der Waals surface area contributed by atoms with Crippen LogP contribution in [-0.4, -0.2) is 82.5 Å². The zero-order valence-corrected chi connectivity index (χ0v) is 16.8. The lowest BCUT2D eigenvalue weighted by atomic mass is 10.0. The van der Waals surface area contributed by atoms with Crippen LogP contribution < -0.4 is 0 Å². The van der Waals surface area contributed by atoms with Crippen molar-refractivity contribution in [1.29, 1.82) is 0 Å². The molecule has 2 saturated heterocycles. The Hall–Kier alpha value is -1.31. The lowest BCUT2D eigenvalue weighted by molar-refractivity contribution is 0.0412. The number of piperidine rings is 1. The van der Waals surface area contributed by atoms with Crippen LogP contribution in [0.2, 0.25) is 5.15 Å². The van der Waals surface area contributed by atoms with Gasteiger partial charge in [-0.3, -0.25) is 14.5 Å². The van der Waals surface area contributed by atoms with Crippen molar-refractivity contribution >= 4 is 17.7 Å². The molecule has 3 heterocycles. The lowest BCUT2D eigenvalue weighted by Crippen LogP contribution is -2.55. The molecule has 26 heavy (non-hydrogen) atoms. The predicted molar refractivity (Wildman–Crippen MR) is 101 cm³/mol. The average molecular weight is 384 g/mol. The quantitative estimate of drug-likeness (QED) is 0.797. The Kier molecular flexibility index (Phi) is 6.42. The van der Waals surface area contributed by atoms with E-state index in [1.807, 2.05) is 25.8 Å². The van der Waals surface area contributed by atoms with Gasteiger partial charge in [0.1, 0.15) is 5.15 Å². The van der Waals surface area contributed by atoms with Crippen LogP contribution in [0.25, 0.3) is 0 Å². The van der Waals surface area contributed by atoms with Gasteiger partial charge in [-0.05, 0) is 33.2 Å². The van der Waals surface area contributed by atoms with E-state index in [2.05, 4.69) is 14.9 Å². The first-order chi connectivity index (χ1) is 12.5. The van der Waals surface area contributed by atoms with Crippen LogP contribution in [0.1, 0.15) is 31.0 Å². The van der Waals surface area contributed by atoms with Crippen molar-refractivity contribution in [3.63, 3.8) is 0 Å². The van der Waals surface area contributed by atoms with Crippen molar-refractivity contribution in [2.75, 3.05) is 45.9 Å².